The molecule has 2 saturated heterocycles. The van der Waals surface area contributed by atoms with Gasteiger partial charge in [0, 0.05) is 39.2 Å². The molecule has 0 bridgehead atoms. The number of nitro groups is 1. The first-order valence-corrected chi connectivity index (χ1v) is 12.6. The predicted octanol–water partition coefficient (Wildman–Crippen LogP) is 3.78. The Morgan fingerprint density at radius 3 is 2.62 bits per heavy atom. The van der Waals surface area contributed by atoms with Crippen molar-refractivity contribution in [1.29, 1.82) is 0 Å². The zero-order chi connectivity index (χ0) is 27.5. The van der Waals surface area contributed by atoms with Gasteiger partial charge in [-0.3, -0.25) is 24.7 Å². The lowest BCUT2D eigenvalue weighted by molar-refractivity contribution is -0.384. The van der Waals surface area contributed by atoms with Gasteiger partial charge in [0.15, 0.2) is 0 Å². The zero-order valence-electron chi connectivity index (χ0n) is 21.3. The van der Waals surface area contributed by atoms with Crippen molar-refractivity contribution in [2.24, 2.45) is 0 Å². The number of halogens is 1. The van der Waals surface area contributed by atoms with Crippen LogP contribution in [0.3, 0.4) is 0 Å². The third-order valence-corrected chi connectivity index (χ3v) is 6.82. The van der Waals surface area contributed by atoms with Crippen molar-refractivity contribution in [3.63, 3.8) is 0 Å². The van der Waals surface area contributed by atoms with Crippen molar-refractivity contribution in [3.8, 4) is 11.3 Å². The number of para-hydroxylation sites is 1. The molecule has 2 amide bonds. The molecule has 5 rings (SSSR count). The minimum Gasteiger partial charge on any atom is -0.459 e. The average Bonchev–Trinajstić information content (AvgIpc) is 3.54. The summed E-state index contributed by atoms with van der Waals surface area (Å²) in [4.78, 5) is 39.8. The average molecular weight is 538 g/mol. The lowest BCUT2D eigenvalue weighted by Gasteiger charge is -2.36. The first-order chi connectivity index (χ1) is 18.8. The number of carbonyl (C=O) groups is 2. The molecule has 2 aromatic carbocycles. The van der Waals surface area contributed by atoms with Crippen LogP contribution in [-0.4, -0.2) is 67.2 Å². The molecule has 1 N–H and O–H groups in total. The highest BCUT2D eigenvalue weighted by Crippen LogP contribution is 2.32. The van der Waals surface area contributed by atoms with E-state index in [1.165, 1.54) is 24.0 Å². The summed E-state index contributed by atoms with van der Waals surface area (Å²) in [6, 6.07) is 14.7. The van der Waals surface area contributed by atoms with E-state index in [1.807, 2.05) is 11.0 Å². The lowest BCUT2D eigenvalue weighted by Crippen LogP contribution is -2.46. The monoisotopic (exact) mass is 537 g/mol. The SMILES string of the molecule is CC(=O)NC[C@H]1CN(c2ccc(N3CCN(Cc4ccc(-c5ccccc5[N+](=O)[O-])o4)CC3)c(F)c2)C(=O)O1. The second-order valence-electron chi connectivity index (χ2n) is 9.49. The summed E-state index contributed by atoms with van der Waals surface area (Å²) < 4.78 is 26.3. The number of hydrogen-bond donors (Lipinski definition) is 1. The lowest BCUT2D eigenvalue weighted by atomic mass is 10.1. The molecular formula is C27H28FN5O6. The van der Waals surface area contributed by atoms with Crippen molar-refractivity contribution < 1.29 is 28.1 Å². The van der Waals surface area contributed by atoms with Crippen molar-refractivity contribution in [2.75, 3.05) is 49.1 Å². The van der Waals surface area contributed by atoms with Crippen LogP contribution in [-0.2, 0) is 16.1 Å². The molecule has 204 valence electrons. The Labute approximate surface area is 223 Å². The Morgan fingerprint density at radius 1 is 1.13 bits per heavy atom. The Balaban J connectivity index is 1.17. The Morgan fingerprint density at radius 2 is 1.90 bits per heavy atom. The number of furan rings is 1. The Kier molecular flexibility index (Phi) is 7.46. The number of amides is 2. The number of benzene rings is 2. The van der Waals surface area contributed by atoms with Gasteiger partial charge in [-0.05, 0) is 36.4 Å². The highest BCUT2D eigenvalue weighted by molar-refractivity contribution is 5.90. The Hall–Kier alpha value is -4.45. The van der Waals surface area contributed by atoms with Crippen molar-refractivity contribution in [2.45, 2.75) is 19.6 Å². The fourth-order valence-corrected chi connectivity index (χ4v) is 4.83. The molecule has 0 unspecified atom stereocenters. The van der Waals surface area contributed by atoms with E-state index in [9.17, 15) is 19.7 Å². The van der Waals surface area contributed by atoms with Gasteiger partial charge < -0.3 is 19.4 Å². The fraction of sp³-hybridized carbons (Fsp3) is 0.333. The molecule has 2 aliphatic heterocycles. The van der Waals surface area contributed by atoms with E-state index in [1.54, 1.807) is 36.4 Å². The number of nitro benzene ring substituents is 1. The molecular weight excluding hydrogens is 509 g/mol. The Bertz CT molecular complexity index is 1390. The van der Waals surface area contributed by atoms with Crippen LogP contribution in [0.25, 0.3) is 11.3 Å². The maximum Gasteiger partial charge on any atom is 0.414 e. The van der Waals surface area contributed by atoms with E-state index in [4.69, 9.17) is 9.15 Å². The second-order valence-corrected chi connectivity index (χ2v) is 9.49. The van der Waals surface area contributed by atoms with Gasteiger partial charge in [0.25, 0.3) is 5.69 Å². The first-order valence-electron chi connectivity index (χ1n) is 12.6. The van der Waals surface area contributed by atoms with Crippen LogP contribution in [0.15, 0.2) is 59.0 Å². The van der Waals surface area contributed by atoms with Crippen LogP contribution in [0.5, 0.6) is 0 Å². The normalized spacial score (nSPS) is 17.8. The highest BCUT2D eigenvalue weighted by atomic mass is 19.1. The summed E-state index contributed by atoms with van der Waals surface area (Å²) in [6.07, 6.45) is -1.07. The molecule has 12 heteroatoms. The number of carbonyl (C=O) groups excluding carboxylic acids is 2. The number of piperazine rings is 1. The van der Waals surface area contributed by atoms with Gasteiger partial charge >= 0.3 is 6.09 Å². The van der Waals surface area contributed by atoms with Crippen LogP contribution in [0.1, 0.15) is 12.7 Å². The molecule has 0 saturated carbocycles. The number of hydrogen-bond acceptors (Lipinski definition) is 8. The van der Waals surface area contributed by atoms with Gasteiger partial charge in [-0.15, -0.1) is 0 Å². The topological polar surface area (TPSA) is 121 Å². The van der Waals surface area contributed by atoms with Gasteiger partial charge in [0.05, 0.1) is 41.5 Å². The van der Waals surface area contributed by atoms with Crippen molar-refractivity contribution in [1.82, 2.24) is 10.2 Å². The number of nitrogens with one attached hydrogen (secondary N) is 1. The summed E-state index contributed by atoms with van der Waals surface area (Å²) in [5.74, 6) is 0.495. The molecule has 0 aliphatic carbocycles. The number of nitrogens with zero attached hydrogens (tertiary/aromatic N) is 4. The van der Waals surface area contributed by atoms with E-state index < -0.39 is 22.9 Å². The molecule has 1 aromatic heterocycles. The summed E-state index contributed by atoms with van der Waals surface area (Å²) in [5, 5.41) is 14.0. The highest BCUT2D eigenvalue weighted by Gasteiger charge is 2.33. The van der Waals surface area contributed by atoms with E-state index in [0.717, 1.165) is 0 Å². The summed E-state index contributed by atoms with van der Waals surface area (Å²) in [7, 11) is 0. The first kappa shape index (κ1) is 26.2. The molecule has 1 atom stereocenters. The van der Waals surface area contributed by atoms with Gasteiger partial charge in [-0.1, -0.05) is 12.1 Å². The quantitative estimate of drug-likeness (QED) is 0.340. The summed E-state index contributed by atoms with van der Waals surface area (Å²) in [6.45, 7) is 4.88. The van der Waals surface area contributed by atoms with Crippen LogP contribution in [0.4, 0.5) is 26.2 Å². The largest absolute Gasteiger partial charge is 0.459 e. The van der Waals surface area contributed by atoms with E-state index in [2.05, 4.69) is 10.2 Å². The number of rotatable bonds is 8. The predicted molar refractivity (Wildman–Crippen MR) is 141 cm³/mol. The van der Waals surface area contributed by atoms with Gasteiger partial charge in [-0.25, -0.2) is 9.18 Å². The minimum atomic E-state index is -0.575. The molecule has 2 fully saturated rings. The zero-order valence-corrected chi connectivity index (χ0v) is 21.3. The third kappa shape index (κ3) is 5.85. The summed E-state index contributed by atoms with van der Waals surface area (Å²) in [5.41, 5.74) is 1.28. The van der Waals surface area contributed by atoms with Gasteiger partial charge in [0.1, 0.15) is 23.4 Å². The fourth-order valence-electron chi connectivity index (χ4n) is 4.83. The molecule has 11 nitrogen and oxygen atoms in total. The van der Waals surface area contributed by atoms with Gasteiger partial charge in [-0.2, -0.15) is 0 Å². The number of cyclic esters (lactones) is 1. The standard InChI is InChI=1S/C27H28FN5O6/c1-18(34)29-15-21-17-32(27(35)39-21)19-6-8-25(23(28)14-19)31-12-10-30(11-13-31)16-20-7-9-26(38-20)22-4-2-3-5-24(22)33(36)37/h2-9,14,21H,10-13,15-17H2,1H3,(H,29,34)/t21-/m0/s1. The van der Waals surface area contributed by atoms with Crippen LogP contribution in [0.2, 0.25) is 0 Å². The molecule has 3 heterocycles. The van der Waals surface area contributed by atoms with Crippen LogP contribution < -0.4 is 15.1 Å². The smallest absolute Gasteiger partial charge is 0.414 e. The van der Waals surface area contributed by atoms with E-state index in [-0.39, 0.29) is 24.7 Å². The molecule has 39 heavy (non-hydrogen) atoms. The summed E-state index contributed by atoms with van der Waals surface area (Å²) >= 11 is 0. The van der Waals surface area contributed by atoms with Crippen molar-refractivity contribution in [3.05, 3.63) is 76.3 Å². The van der Waals surface area contributed by atoms with E-state index >= 15 is 4.39 Å². The number of ether oxygens (including phenoxy) is 1. The minimum absolute atomic E-state index is 0.00788. The van der Waals surface area contributed by atoms with E-state index in [0.29, 0.717) is 61.2 Å². The third-order valence-electron chi connectivity index (χ3n) is 6.82. The molecule has 2 aliphatic rings. The molecule has 0 spiro atoms. The maximum absolute atomic E-state index is 15.1. The van der Waals surface area contributed by atoms with Gasteiger partial charge in [0.2, 0.25) is 5.91 Å². The second kappa shape index (κ2) is 11.1. The number of anilines is 2. The molecule has 3 aromatic rings. The maximum atomic E-state index is 15.1. The van der Waals surface area contributed by atoms with Crippen LogP contribution in [0, 0.1) is 15.9 Å². The molecule has 0 radical (unpaired) electrons. The van der Waals surface area contributed by atoms with Crippen LogP contribution >= 0.6 is 0 Å². The van der Waals surface area contributed by atoms with Crippen molar-refractivity contribution >= 4 is 29.1 Å².